The molecule has 0 saturated heterocycles. The number of ether oxygens (including phenoxy) is 2. The first-order valence-corrected chi connectivity index (χ1v) is 12.2. The number of hydrogen-bond donors (Lipinski definition) is 3. The summed E-state index contributed by atoms with van der Waals surface area (Å²) in [5.41, 5.74) is 1.94. The lowest BCUT2D eigenvalue weighted by molar-refractivity contribution is -0.174. The van der Waals surface area contributed by atoms with Crippen LogP contribution in [-0.4, -0.2) is 51.4 Å². The number of hydrogen-bond acceptors (Lipinski definition) is 7. The van der Waals surface area contributed by atoms with Crippen molar-refractivity contribution in [2.45, 2.75) is 82.8 Å². The molecule has 190 valence electrons. The van der Waals surface area contributed by atoms with E-state index in [0.717, 1.165) is 31.2 Å². The molecule has 2 saturated carbocycles. The van der Waals surface area contributed by atoms with Crippen molar-refractivity contribution in [1.82, 2.24) is 0 Å². The van der Waals surface area contributed by atoms with Crippen LogP contribution in [0.2, 0.25) is 0 Å². The van der Waals surface area contributed by atoms with Gasteiger partial charge in [-0.2, -0.15) is 0 Å². The zero-order chi connectivity index (χ0) is 25.3. The Bertz CT molecular complexity index is 1020. The number of phenolic OH excluding ortho intramolecular Hbond substituents is 1. The third kappa shape index (κ3) is 5.13. The summed E-state index contributed by atoms with van der Waals surface area (Å²) in [7, 11) is 0. The molecule has 0 aromatic heterocycles. The molecule has 0 amide bonds. The van der Waals surface area contributed by atoms with Crippen LogP contribution in [0.4, 0.5) is 0 Å². The van der Waals surface area contributed by atoms with Crippen LogP contribution < -0.4 is 0 Å². The van der Waals surface area contributed by atoms with Crippen LogP contribution in [0.3, 0.4) is 0 Å². The van der Waals surface area contributed by atoms with Crippen molar-refractivity contribution in [1.29, 1.82) is 0 Å². The normalized spacial score (nSPS) is 30.9. The SMILES string of the molecule is CC12CCC3c4ccc(O)cc4CCC3C1CC(OC(=O)CCC(=O)O)C2OC(=O)CCC(=O)O. The number of aryl methyl sites for hydroxylation is 1. The molecule has 3 aliphatic rings. The van der Waals surface area contributed by atoms with Gasteiger partial charge in [-0.05, 0) is 73.1 Å². The largest absolute Gasteiger partial charge is 0.508 e. The van der Waals surface area contributed by atoms with Crippen molar-refractivity contribution in [3.63, 3.8) is 0 Å². The summed E-state index contributed by atoms with van der Waals surface area (Å²) in [6.07, 6.45) is 1.17. The Labute approximate surface area is 203 Å². The van der Waals surface area contributed by atoms with Crippen LogP contribution in [-0.2, 0) is 35.1 Å². The predicted molar refractivity (Wildman–Crippen MR) is 122 cm³/mol. The van der Waals surface area contributed by atoms with Gasteiger partial charge in [0.05, 0.1) is 25.7 Å². The molecule has 3 aliphatic carbocycles. The van der Waals surface area contributed by atoms with Gasteiger partial charge in [-0.1, -0.05) is 13.0 Å². The zero-order valence-corrected chi connectivity index (χ0v) is 19.8. The summed E-state index contributed by atoms with van der Waals surface area (Å²) in [5, 5.41) is 27.7. The van der Waals surface area contributed by atoms with Gasteiger partial charge in [0.1, 0.15) is 18.0 Å². The van der Waals surface area contributed by atoms with E-state index in [1.54, 1.807) is 6.07 Å². The second-order valence-electron chi connectivity index (χ2n) is 10.3. The first-order valence-electron chi connectivity index (χ1n) is 12.2. The monoisotopic (exact) mass is 488 g/mol. The molecule has 1 aromatic carbocycles. The van der Waals surface area contributed by atoms with E-state index in [4.69, 9.17) is 19.7 Å². The third-order valence-electron chi connectivity index (χ3n) is 8.25. The number of carbonyl (C=O) groups excluding carboxylic acids is 2. The van der Waals surface area contributed by atoms with E-state index in [2.05, 4.69) is 6.92 Å². The lowest BCUT2D eigenvalue weighted by Crippen LogP contribution is -2.47. The van der Waals surface area contributed by atoms with Crippen molar-refractivity contribution in [2.75, 3.05) is 0 Å². The summed E-state index contributed by atoms with van der Waals surface area (Å²) in [6, 6.07) is 5.53. The Morgan fingerprint density at radius 2 is 1.63 bits per heavy atom. The second kappa shape index (κ2) is 9.87. The molecular weight excluding hydrogens is 456 g/mol. The smallest absolute Gasteiger partial charge is 0.306 e. The van der Waals surface area contributed by atoms with E-state index in [1.165, 1.54) is 5.56 Å². The standard InChI is InChI=1S/C26H32O9/c1-26-11-10-17-16-5-3-15(27)12-14(16)2-4-18(17)19(26)13-20(34-23(32)8-6-21(28)29)25(26)35-24(33)9-7-22(30)31/h3,5,12,17-20,25,27H,2,4,6-11,13H2,1H3,(H,28,29)(H,30,31). The van der Waals surface area contributed by atoms with Crippen molar-refractivity contribution in [2.24, 2.45) is 17.3 Å². The van der Waals surface area contributed by atoms with Crippen LogP contribution in [0, 0.1) is 17.3 Å². The second-order valence-corrected chi connectivity index (χ2v) is 10.3. The minimum atomic E-state index is -1.10. The number of phenols is 1. The summed E-state index contributed by atoms with van der Waals surface area (Å²) >= 11 is 0. The molecule has 6 atom stereocenters. The molecule has 3 N–H and O–H groups in total. The van der Waals surface area contributed by atoms with Crippen molar-refractivity contribution < 1.29 is 44.0 Å². The minimum absolute atomic E-state index is 0.109. The average molecular weight is 489 g/mol. The van der Waals surface area contributed by atoms with E-state index in [9.17, 15) is 24.3 Å². The fourth-order valence-corrected chi connectivity index (χ4v) is 6.68. The molecule has 2 fully saturated rings. The topological polar surface area (TPSA) is 147 Å². The zero-order valence-electron chi connectivity index (χ0n) is 19.8. The molecule has 0 spiro atoms. The maximum absolute atomic E-state index is 12.5. The summed E-state index contributed by atoms with van der Waals surface area (Å²) in [6.45, 7) is 2.06. The van der Waals surface area contributed by atoms with E-state index < -0.39 is 41.5 Å². The molecule has 35 heavy (non-hydrogen) atoms. The minimum Gasteiger partial charge on any atom is -0.508 e. The highest BCUT2D eigenvalue weighted by Crippen LogP contribution is 2.62. The molecule has 4 rings (SSSR count). The van der Waals surface area contributed by atoms with Crippen LogP contribution in [0.25, 0.3) is 0 Å². The highest BCUT2D eigenvalue weighted by Gasteiger charge is 2.61. The van der Waals surface area contributed by atoms with Gasteiger partial charge in [-0.25, -0.2) is 0 Å². The van der Waals surface area contributed by atoms with Gasteiger partial charge >= 0.3 is 23.9 Å². The van der Waals surface area contributed by atoms with Gasteiger partial charge in [0.2, 0.25) is 0 Å². The maximum atomic E-state index is 12.5. The lowest BCUT2D eigenvalue weighted by atomic mass is 9.55. The number of aromatic hydroxyl groups is 1. The Morgan fingerprint density at radius 1 is 0.971 bits per heavy atom. The average Bonchev–Trinajstić information content (AvgIpc) is 3.07. The molecule has 0 radical (unpaired) electrons. The van der Waals surface area contributed by atoms with Crippen LogP contribution in [0.15, 0.2) is 18.2 Å². The number of esters is 2. The summed E-state index contributed by atoms with van der Waals surface area (Å²) in [5.74, 6) is -2.54. The number of fused-ring (bicyclic) bond motifs is 5. The summed E-state index contributed by atoms with van der Waals surface area (Å²) < 4.78 is 11.5. The molecule has 6 unspecified atom stereocenters. The highest BCUT2D eigenvalue weighted by atomic mass is 16.6. The van der Waals surface area contributed by atoms with E-state index in [-0.39, 0.29) is 43.3 Å². The maximum Gasteiger partial charge on any atom is 0.306 e. The molecular formula is C26H32O9. The number of aliphatic carboxylic acids is 2. The fourth-order valence-electron chi connectivity index (χ4n) is 6.68. The Kier molecular flexibility index (Phi) is 7.05. The number of carboxylic acids is 2. The molecule has 0 aliphatic heterocycles. The van der Waals surface area contributed by atoms with Crippen LogP contribution >= 0.6 is 0 Å². The molecule has 9 heteroatoms. The van der Waals surface area contributed by atoms with Crippen molar-refractivity contribution in [3.8, 4) is 5.75 Å². The third-order valence-corrected chi connectivity index (χ3v) is 8.25. The van der Waals surface area contributed by atoms with Gasteiger partial charge < -0.3 is 24.8 Å². The highest BCUT2D eigenvalue weighted by molar-refractivity contribution is 5.77. The van der Waals surface area contributed by atoms with Gasteiger partial charge in [0.25, 0.3) is 0 Å². The Morgan fingerprint density at radius 3 is 2.29 bits per heavy atom. The van der Waals surface area contributed by atoms with Crippen LogP contribution in [0.1, 0.15) is 75.3 Å². The fraction of sp³-hybridized carbons (Fsp3) is 0.615. The van der Waals surface area contributed by atoms with Gasteiger partial charge in [-0.3, -0.25) is 19.2 Å². The van der Waals surface area contributed by atoms with Gasteiger partial charge in [0, 0.05) is 5.41 Å². The van der Waals surface area contributed by atoms with Crippen LogP contribution in [0.5, 0.6) is 5.75 Å². The molecule has 1 aromatic rings. The molecule has 0 bridgehead atoms. The first-order chi connectivity index (χ1) is 16.6. The molecule has 9 nitrogen and oxygen atoms in total. The van der Waals surface area contributed by atoms with Crippen molar-refractivity contribution in [3.05, 3.63) is 29.3 Å². The first kappa shape index (κ1) is 25.0. The predicted octanol–water partition coefficient (Wildman–Crippen LogP) is 3.41. The summed E-state index contributed by atoms with van der Waals surface area (Å²) in [4.78, 5) is 46.7. The van der Waals surface area contributed by atoms with Gasteiger partial charge in [-0.15, -0.1) is 0 Å². The van der Waals surface area contributed by atoms with Crippen molar-refractivity contribution >= 4 is 23.9 Å². The Hall–Kier alpha value is -3.10. The molecule has 0 heterocycles. The quantitative estimate of drug-likeness (QED) is 0.468. The number of carbonyl (C=O) groups is 4. The lowest BCUT2D eigenvalue weighted by Gasteiger charge is -2.50. The van der Waals surface area contributed by atoms with E-state index >= 15 is 0 Å². The van der Waals surface area contributed by atoms with Gasteiger partial charge in [0.15, 0.2) is 0 Å². The Balaban J connectivity index is 1.57. The van der Waals surface area contributed by atoms with E-state index in [0.29, 0.717) is 12.3 Å². The number of carboxylic acid groups (broad SMARTS) is 2. The number of benzene rings is 1. The number of rotatable bonds is 8. The van der Waals surface area contributed by atoms with E-state index in [1.807, 2.05) is 12.1 Å².